The fraction of sp³-hybridized carbons (Fsp3) is 0.400. The summed E-state index contributed by atoms with van der Waals surface area (Å²) in [6, 6.07) is 1.35. The van der Waals surface area contributed by atoms with Gasteiger partial charge in [-0.25, -0.2) is 4.39 Å². The Hall–Kier alpha value is -1.29. The van der Waals surface area contributed by atoms with E-state index in [-0.39, 0.29) is 11.3 Å². The summed E-state index contributed by atoms with van der Waals surface area (Å²) in [4.78, 5) is 15.1. The summed E-state index contributed by atoms with van der Waals surface area (Å²) >= 11 is 0. The maximum atomic E-state index is 13.1. The van der Waals surface area contributed by atoms with Gasteiger partial charge in [0.1, 0.15) is 6.10 Å². The van der Waals surface area contributed by atoms with Crippen LogP contribution in [0, 0.1) is 5.82 Å². The summed E-state index contributed by atoms with van der Waals surface area (Å²) < 4.78 is 18.2. The van der Waals surface area contributed by atoms with E-state index >= 15 is 0 Å². The minimum Gasteiger partial charge on any atom is -0.371 e. The maximum absolute atomic E-state index is 13.1. The smallest absolute Gasteiger partial charge is 0.194 e. The van der Waals surface area contributed by atoms with Crippen LogP contribution in [0.1, 0.15) is 24.2 Å². The molecule has 0 amide bonds. The van der Waals surface area contributed by atoms with Crippen LogP contribution in [0.2, 0.25) is 0 Å². The molecule has 1 atom stereocenters. The predicted octanol–water partition coefficient (Wildman–Crippen LogP) is 1.83. The minimum atomic E-state index is -0.614. The Kier molecular flexibility index (Phi) is 3.71. The van der Waals surface area contributed by atoms with Crippen LogP contribution in [-0.4, -0.2) is 23.5 Å². The first kappa shape index (κ1) is 10.8. The van der Waals surface area contributed by atoms with E-state index in [9.17, 15) is 9.18 Å². The largest absolute Gasteiger partial charge is 0.371 e. The van der Waals surface area contributed by atoms with E-state index in [2.05, 4.69) is 4.98 Å². The molecule has 0 aliphatic heterocycles. The van der Waals surface area contributed by atoms with Crippen molar-refractivity contribution in [3.05, 3.63) is 29.8 Å². The Morgan fingerprint density at radius 3 is 3.00 bits per heavy atom. The van der Waals surface area contributed by atoms with Gasteiger partial charge in [0, 0.05) is 12.8 Å². The lowest BCUT2D eigenvalue weighted by Gasteiger charge is -2.10. The van der Waals surface area contributed by atoms with Crippen LogP contribution in [0.3, 0.4) is 0 Å². The summed E-state index contributed by atoms with van der Waals surface area (Å²) in [5, 5.41) is 0. The quantitative estimate of drug-likeness (QED) is 0.691. The van der Waals surface area contributed by atoms with Gasteiger partial charge in [-0.3, -0.25) is 9.78 Å². The van der Waals surface area contributed by atoms with Gasteiger partial charge < -0.3 is 4.74 Å². The van der Waals surface area contributed by atoms with E-state index in [1.807, 2.05) is 0 Å². The molecule has 3 nitrogen and oxygen atoms in total. The molecule has 0 radical (unpaired) electrons. The molecule has 76 valence electrons. The first-order valence-corrected chi connectivity index (χ1v) is 4.42. The summed E-state index contributed by atoms with van der Waals surface area (Å²) in [5.74, 6) is -0.962. The zero-order chi connectivity index (χ0) is 10.6. The molecule has 1 rings (SSSR count). The number of ketones is 1. The highest BCUT2D eigenvalue weighted by Crippen LogP contribution is 2.09. The molecule has 0 spiro atoms. The Morgan fingerprint density at radius 2 is 2.43 bits per heavy atom. The summed E-state index contributed by atoms with van der Waals surface area (Å²) in [7, 11) is 0. The number of carbonyl (C=O) groups excluding carboxylic acids is 1. The number of ether oxygens (including phenoxy) is 1. The highest BCUT2D eigenvalue weighted by atomic mass is 19.1. The van der Waals surface area contributed by atoms with Crippen molar-refractivity contribution in [3.63, 3.8) is 0 Å². The van der Waals surface area contributed by atoms with Crippen LogP contribution in [0.4, 0.5) is 4.39 Å². The second-order valence-electron chi connectivity index (χ2n) is 2.82. The Bertz CT molecular complexity index is 328. The first-order valence-electron chi connectivity index (χ1n) is 4.42. The Morgan fingerprint density at radius 1 is 1.71 bits per heavy atom. The maximum Gasteiger partial charge on any atom is 0.194 e. The van der Waals surface area contributed by atoms with Gasteiger partial charge in [-0.15, -0.1) is 0 Å². The first-order chi connectivity index (χ1) is 6.66. The monoisotopic (exact) mass is 197 g/mol. The molecular weight excluding hydrogens is 185 g/mol. The molecular formula is C10H12FNO2. The van der Waals surface area contributed by atoms with Gasteiger partial charge in [-0.1, -0.05) is 0 Å². The SMILES string of the molecule is CCOC(C)C(=O)c1ccncc1F. The van der Waals surface area contributed by atoms with E-state index < -0.39 is 11.9 Å². The highest BCUT2D eigenvalue weighted by molar-refractivity contribution is 5.99. The van der Waals surface area contributed by atoms with E-state index in [1.54, 1.807) is 13.8 Å². The second-order valence-corrected chi connectivity index (χ2v) is 2.82. The minimum absolute atomic E-state index is 0.0287. The number of rotatable bonds is 4. The van der Waals surface area contributed by atoms with Crippen LogP contribution < -0.4 is 0 Å². The number of carbonyl (C=O) groups is 1. The standard InChI is InChI=1S/C10H12FNO2/c1-3-14-7(2)10(13)8-4-5-12-6-9(8)11/h4-7H,3H2,1-2H3. The van der Waals surface area contributed by atoms with Crippen molar-refractivity contribution in [1.29, 1.82) is 0 Å². The third kappa shape index (κ3) is 2.35. The van der Waals surface area contributed by atoms with Gasteiger partial charge in [0.05, 0.1) is 11.8 Å². The molecule has 0 aliphatic carbocycles. The fourth-order valence-corrected chi connectivity index (χ4v) is 1.12. The van der Waals surface area contributed by atoms with Gasteiger partial charge in [0.2, 0.25) is 0 Å². The highest BCUT2D eigenvalue weighted by Gasteiger charge is 2.18. The number of hydrogen-bond acceptors (Lipinski definition) is 3. The number of halogens is 1. The average Bonchev–Trinajstić information content (AvgIpc) is 2.18. The van der Waals surface area contributed by atoms with Crippen molar-refractivity contribution < 1.29 is 13.9 Å². The van der Waals surface area contributed by atoms with Crippen LogP contribution >= 0.6 is 0 Å². The number of pyridine rings is 1. The van der Waals surface area contributed by atoms with Gasteiger partial charge in [0.25, 0.3) is 0 Å². The molecule has 0 saturated heterocycles. The summed E-state index contributed by atoms with van der Waals surface area (Å²) in [6.07, 6.45) is 1.79. The topological polar surface area (TPSA) is 39.2 Å². The van der Waals surface area contributed by atoms with Gasteiger partial charge in [0.15, 0.2) is 11.6 Å². The normalized spacial score (nSPS) is 12.5. The molecule has 0 N–H and O–H groups in total. The molecule has 0 bridgehead atoms. The summed E-state index contributed by atoms with van der Waals surface area (Å²) in [6.45, 7) is 3.82. The molecule has 1 heterocycles. The molecule has 0 aliphatic rings. The lowest BCUT2D eigenvalue weighted by atomic mass is 10.1. The van der Waals surface area contributed by atoms with Crippen molar-refractivity contribution in [2.24, 2.45) is 0 Å². The lowest BCUT2D eigenvalue weighted by Crippen LogP contribution is -2.21. The van der Waals surface area contributed by atoms with Crippen LogP contribution in [0.5, 0.6) is 0 Å². The van der Waals surface area contributed by atoms with E-state index in [0.717, 1.165) is 6.20 Å². The molecule has 14 heavy (non-hydrogen) atoms. The van der Waals surface area contributed by atoms with Gasteiger partial charge in [-0.05, 0) is 19.9 Å². The molecule has 0 saturated carbocycles. The van der Waals surface area contributed by atoms with Crippen molar-refractivity contribution in [2.75, 3.05) is 6.61 Å². The second kappa shape index (κ2) is 4.81. The van der Waals surface area contributed by atoms with E-state index in [1.165, 1.54) is 12.3 Å². The predicted molar refractivity (Wildman–Crippen MR) is 49.6 cm³/mol. The number of Topliss-reactive ketones (excluding diaryl/α,β-unsaturated/α-hetero) is 1. The van der Waals surface area contributed by atoms with Crippen molar-refractivity contribution >= 4 is 5.78 Å². The Balaban J connectivity index is 2.84. The zero-order valence-electron chi connectivity index (χ0n) is 8.16. The number of nitrogens with zero attached hydrogens (tertiary/aromatic N) is 1. The number of aromatic nitrogens is 1. The average molecular weight is 197 g/mol. The van der Waals surface area contributed by atoms with Gasteiger partial charge >= 0.3 is 0 Å². The van der Waals surface area contributed by atoms with E-state index in [0.29, 0.717) is 6.61 Å². The zero-order valence-corrected chi connectivity index (χ0v) is 8.16. The van der Waals surface area contributed by atoms with Crippen molar-refractivity contribution in [1.82, 2.24) is 4.98 Å². The van der Waals surface area contributed by atoms with E-state index in [4.69, 9.17) is 4.74 Å². The van der Waals surface area contributed by atoms with Crippen molar-refractivity contribution in [2.45, 2.75) is 20.0 Å². The molecule has 0 fully saturated rings. The van der Waals surface area contributed by atoms with Gasteiger partial charge in [-0.2, -0.15) is 0 Å². The van der Waals surface area contributed by atoms with Crippen molar-refractivity contribution in [3.8, 4) is 0 Å². The van der Waals surface area contributed by atoms with Crippen LogP contribution in [0.15, 0.2) is 18.5 Å². The van der Waals surface area contributed by atoms with Crippen LogP contribution in [0.25, 0.3) is 0 Å². The molecule has 1 aromatic heterocycles. The third-order valence-corrected chi connectivity index (χ3v) is 1.82. The molecule has 1 aromatic rings. The molecule has 4 heteroatoms. The lowest BCUT2D eigenvalue weighted by molar-refractivity contribution is 0.0516. The molecule has 1 unspecified atom stereocenters. The Labute approximate surface area is 81.9 Å². The molecule has 0 aromatic carbocycles. The van der Waals surface area contributed by atoms with Crippen LogP contribution in [-0.2, 0) is 4.74 Å². The summed E-state index contributed by atoms with van der Waals surface area (Å²) in [5.41, 5.74) is 0.0287. The number of hydrogen-bond donors (Lipinski definition) is 0. The fourth-order valence-electron chi connectivity index (χ4n) is 1.12. The third-order valence-electron chi connectivity index (χ3n) is 1.82.